The maximum atomic E-state index is 10.5. The molecular weight excluding hydrogens is 196 g/mol. The summed E-state index contributed by atoms with van der Waals surface area (Å²) >= 11 is 0. The van der Waals surface area contributed by atoms with Gasteiger partial charge in [0.05, 0.1) is 6.54 Å². The highest BCUT2D eigenvalue weighted by molar-refractivity contribution is 5.69. The van der Waals surface area contributed by atoms with E-state index in [1.54, 1.807) is 0 Å². The molecule has 1 saturated heterocycles. The molecule has 1 fully saturated rings. The van der Waals surface area contributed by atoms with Crippen LogP contribution in [0, 0.1) is 5.92 Å². The van der Waals surface area contributed by atoms with Crippen molar-refractivity contribution in [3.63, 3.8) is 0 Å². The molecule has 5 heteroatoms. The van der Waals surface area contributed by atoms with Crippen molar-refractivity contribution in [2.24, 2.45) is 5.92 Å². The molecule has 1 atom stereocenters. The van der Waals surface area contributed by atoms with Crippen LogP contribution < -0.4 is 0 Å². The Labute approximate surface area is 90.3 Å². The lowest BCUT2D eigenvalue weighted by Crippen LogP contribution is -2.49. The van der Waals surface area contributed by atoms with Gasteiger partial charge in [0.25, 0.3) is 0 Å². The fourth-order valence-electron chi connectivity index (χ4n) is 1.82. The van der Waals surface area contributed by atoms with Crippen molar-refractivity contribution in [3.8, 4) is 0 Å². The molecule has 88 valence electrons. The Hall–Kier alpha value is -0.650. The summed E-state index contributed by atoms with van der Waals surface area (Å²) in [6, 6.07) is 0. The van der Waals surface area contributed by atoms with Crippen LogP contribution in [0.1, 0.15) is 6.92 Å². The number of aliphatic carboxylic acids is 1. The van der Waals surface area contributed by atoms with Gasteiger partial charge < -0.3 is 15.1 Å². The van der Waals surface area contributed by atoms with Gasteiger partial charge >= 0.3 is 5.97 Å². The van der Waals surface area contributed by atoms with Crippen LogP contribution >= 0.6 is 0 Å². The van der Waals surface area contributed by atoms with Crippen molar-refractivity contribution in [1.29, 1.82) is 0 Å². The van der Waals surface area contributed by atoms with Crippen LogP contribution in [-0.2, 0) is 4.79 Å². The van der Waals surface area contributed by atoms with E-state index >= 15 is 0 Å². The largest absolute Gasteiger partial charge is 0.480 e. The predicted octanol–water partition coefficient (Wildman–Crippen LogP) is -0.683. The Kier molecular flexibility index (Phi) is 5.01. The smallest absolute Gasteiger partial charge is 0.317 e. The highest BCUT2D eigenvalue weighted by atomic mass is 16.4. The number of aliphatic hydroxyl groups is 1. The second kappa shape index (κ2) is 6.05. The quantitative estimate of drug-likeness (QED) is 0.637. The molecule has 0 amide bonds. The first-order valence-corrected chi connectivity index (χ1v) is 5.39. The second-order valence-corrected chi connectivity index (χ2v) is 4.26. The third-order valence-corrected chi connectivity index (χ3v) is 2.71. The number of rotatable bonds is 5. The number of carbonyl (C=O) groups is 1. The number of piperazine rings is 1. The van der Waals surface area contributed by atoms with Crippen molar-refractivity contribution >= 4 is 5.97 Å². The van der Waals surface area contributed by atoms with Gasteiger partial charge in [0.1, 0.15) is 0 Å². The van der Waals surface area contributed by atoms with Crippen molar-refractivity contribution < 1.29 is 15.0 Å². The number of hydrogen-bond acceptors (Lipinski definition) is 4. The Morgan fingerprint density at radius 3 is 2.27 bits per heavy atom. The minimum Gasteiger partial charge on any atom is -0.480 e. The van der Waals surface area contributed by atoms with Crippen LogP contribution in [0.5, 0.6) is 0 Å². The summed E-state index contributed by atoms with van der Waals surface area (Å²) < 4.78 is 0. The van der Waals surface area contributed by atoms with E-state index < -0.39 is 5.97 Å². The van der Waals surface area contributed by atoms with E-state index in [0.29, 0.717) is 5.92 Å². The average Bonchev–Trinajstić information content (AvgIpc) is 2.20. The molecule has 0 aromatic carbocycles. The summed E-state index contributed by atoms with van der Waals surface area (Å²) in [5.74, 6) is -0.455. The van der Waals surface area contributed by atoms with E-state index in [4.69, 9.17) is 10.2 Å². The molecule has 0 aromatic rings. The summed E-state index contributed by atoms with van der Waals surface area (Å²) in [5.41, 5.74) is 0. The van der Waals surface area contributed by atoms with Crippen molar-refractivity contribution in [2.45, 2.75) is 6.92 Å². The van der Waals surface area contributed by atoms with Gasteiger partial charge in [-0.05, 0) is 5.92 Å². The Morgan fingerprint density at radius 1 is 1.27 bits per heavy atom. The number of aliphatic hydroxyl groups excluding tert-OH is 1. The molecule has 0 radical (unpaired) electrons. The van der Waals surface area contributed by atoms with Gasteiger partial charge in [-0.1, -0.05) is 6.92 Å². The lowest BCUT2D eigenvalue weighted by atomic mass is 10.1. The standard InChI is InChI=1S/C10H20N2O3/c1-9(8-13)6-11-2-4-12(5-3-11)7-10(14)15/h9,13H,2-8H2,1H3,(H,14,15). The van der Waals surface area contributed by atoms with Crippen molar-refractivity contribution in [1.82, 2.24) is 9.80 Å². The molecular formula is C10H20N2O3. The molecule has 1 aliphatic heterocycles. The van der Waals surface area contributed by atoms with Crippen LogP contribution in [0.4, 0.5) is 0 Å². The first-order chi connectivity index (χ1) is 7.11. The van der Waals surface area contributed by atoms with Gasteiger partial charge in [-0.2, -0.15) is 0 Å². The minimum absolute atomic E-state index is 0.142. The van der Waals surface area contributed by atoms with Gasteiger partial charge in [0.15, 0.2) is 0 Å². The summed E-state index contributed by atoms with van der Waals surface area (Å²) in [4.78, 5) is 14.7. The monoisotopic (exact) mass is 216 g/mol. The summed E-state index contributed by atoms with van der Waals surface area (Å²) in [6.07, 6.45) is 0. The number of carboxylic acid groups (broad SMARTS) is 1. The molecule has 0 bridgehead atoms. The van der Waals surface area contributed by atoms with E-state index in [9.17, 15) is 4.79 Å². The molecule has 1 heterocycles. The minimum atomic E-state index is -0.757. The van der Waals surface area contributed by atoms with Gasteiger partial charge in [-0.15, -0.1) is 0 Å². The van der Waals surface area contributed by atoms with Crippen LogP contribution in [0.25, 0.3) is 0 Å². The maximum Gasteiger partial charge on any atom is 0.317 e. The van der Waals surface area contributed by atoms with E-state index in [2.05, 4.69) is 4.90 Å². The van der Waals surface area contributed by atoms with Gasteiger partial charge in [-0.25, -0.2) is 0 Å². The molecule has 0 aliphatic carbocycles. The third-order valence-electron chi connectivity index (χ3n) is 2.71. The lowest BCUT2D eigenvalue weighted by molar-refractivity contribution is -0.138. The molecule has 1 rings (SSSR count). The van der Waals surface area contributed by atoms with E-state index in [1.165, 1.54) is 0 Å². The molecule has 0 aromatic heterocycles. The molecule has 0 spiro atoms. The van der Waals surface area contributed by atoms with Crippen LogP contribution in [0.3, 0.4) is 0 Å². The predicted molar refractivity (Wildman–Crippen MR) is 56.8 cm³/mol. The van der Waals surface area contributed by atoms with Crippen molar-refractivity contribution in [2.75, 3.05) is 45.9 Å². The maximum absolute atomic E-state index is 10.5. The number of carboxylic acids is 1. The molecule has 0 saturated carbocycles. The lowest BCUT2D eigenvalue weighted by Gasteiger charge is -2.34. The van der Waals surface area contributed by atoms with Gasteiger partial charge in [-0.3, -0.25) is 9.69 Å². The zero-order chi connectivity index (χ0) is 11.3. The average molecular weight is 216 g/mol. The zero-order valence-corrected chi connectivity index (χ0v) is 9.22. The first kappa shape index (κ1) is 12.4. The van der Waals surface area contributed by atoms with Gasteiger partial charge in [0, 0.05) is 39.3 Å². The molecule has 15 heavy (non-hydrogen) atoms. The zero-order valence-electron chi connectivity index (χ0n) is 9.22. The summed E-state index contributed by atoms with van der Waals surface area (Å²) in [7, 11) is 0. The number of hydrogen-bond donors (Lipinski definition) is 2. The second-order valence-electron chi connectivity index (χ2n) is 4.26. The highest BCUT2D eigenvalue weighted by Gasteiger charge is 2.19. The topological polar surface area (TPSA) is 64.0 Å². The van der Waals surface area contributed by atoms with E-state index in [-0.39, 0.29) is 13.2 Å². The molecule has 2 N–H and O–H groups in total. The molecule has 1 aliphatic rings. The van der Waals surface area contributed by atoms with E-state index in [1.807, 2.05) is 11.8 Å². The van der Waals surface area contributed by atoms with Crippen LogP contribution in [0.15, 0.2) is 0 Å². The fourth-order valence-corrected chi connectivity index (χ4v) is 1.82. The normalized spacial score (nSPS) is 21.5. The van der Waals surface area contributed by atoms with Crippen LogP contribution in [0.2, 0.25) is 0 Å². The Morgan fingerprint density at radius 2 is 1.80 bits per heavy atom. The summed E-state index contributed by atoms with van der Waals surface area (Å²) in [5, 5.41) is 17.5. The SMILES string of the molecule is CC(CO)CN1CCN(CC(=O)O)CC1. The summed E-state index contributed by atoms with van der Waals surface area (Å²) in [6.45, 7) is 6.70. The molecule has 1 unspecified atom stereocenters. The first-order valence-electron chi connectivity index (χ1n) is 5.39. The van der Waals surface area contributed by atoms with Crippen molar-refractivity contribution in [3.05, 3.63) is 0 Å². The van der Waals surface area contributed by atoms with Crippen LogP contribution in [-0.4, -0.2) is 71.9 Å². The fraction of sp³-hybridized carbons (Fsp3) is 0.900. The third kappa shape index (κ3) is 4.59. The van der Waals surface area contributed by atoms with Gasteiger partial charge in [0.2, 0.25) is 0 Å². The Bertz CT molecular complexity index is 203. The Balaban J connectivity index is 2.20. The number of nitrogens with zero attached hydrogens (tertiary/aromatic N) is 2. The highest BCUT2D eigenvalue weighted by Crippen LogP contribution is 2.04. The van der Waals surface area contributed by atoms with E-state index in [0.717, 1.165) is 32.7 Å². The molecule has 5 nitrogen and oxygen atoms in total.